The van der Waals surface area contributed by atoms with Gasteiger partial charge in [0.2, 0.25) is 0 Å². The lowest BCUT2D eigenvalue weighted by Gasteiger charge is -2.35. The van der Waals surface area contributed by atoms with Gasteiger partial charge >= 0.3 is 0 Å². The van der Waals surface area contributed by atoms with Gasteiger partial charge in [0.15, 0.2) is 5.96 Å². The summed E-state index contributed by atoms with van der Waals surface area (Å²) in [5.74, 6) is 0.818. The van der Waals surface area contributed by atoms with Crippen LogP contribution in [0.3, 0.4) is 0 Å². The second-order valence-corrected chi connectivity index (χ2v) is 8.76. The first-order chi connectivity index (χ1) is 14.1. The Morgan fingerprint density at radius 3 is 2.70 bits per heavy atom. The second-order valence-electron chi connectivity index (χ2n) is 7.04. The summed E-state index contributed by atoms with van der Waals surface area (Å²) in [6, 6.07) is 8.32. The maximum atomic E-state index is 6.27. The molecule has 3 rings (SSSR count). The van der Waals surface area contributed by atoms with Gasteiger partial charge in [0.25, 0.3) is 0 Å². The van der Waals surface area contributed by atoms with Gasteiger partial charge in [-0.25, -0.2) is 9.98 Å². The molecule has 0 amide bonds. The van der Waals surface area contributed by atoms with Crippen molar-refractivity contribution in [2.24, 2.45) is 4.99 Å². The van der Waals surface area contributed by atoms with Crippen LogP contribution in [-0.2, 0) is 11.3 Å². The molecule has 166 valence electrons. The van der Waals surface area contributed by atoms with Gasteiger partial charge in [-0.3, -0.25) is 4.90 Å². The molecular weight excluding hydrogens is 533 g/mol. The number of ether oxygens (including phenoxy) is 1. The fourth-order valence-electron chi connectivity index (χ4n) is 3.47. The lowest BCUT2D eigenvalue weighted by Crippen LogP contribution is -2.46. The van der Waals surface area contributed by atoms with E-state index in [0.717, 1.165) is 61.1 Å². The van der Waals surface area contributed by atoms with Crippen LogP contribution in [0.25, 0.3) is 0 Å². The molecule has 0 spiro atoms. The van der Waals surface area contributed by atoms with E-state index >= 15 is 0 Å². The number of rotatable bonds is 7. The predicted molar refractivity (Wildman–Crippen MR) is 136 cm³/mol. The van der Waals surface area contributed by atoms with Gasteiger partial charge in [-0.15, -0.1) is 35.3 Å². The Balaban J connectivity index is 0.00000320. The average Bonchev–Trinajstić information content (AvgIpc) is 3.04. The summed E-state index contributed by atoms with van der Waals surface area (Å²) in [6.07, 6.45) is 0. The van der Waals surface area contributed by atoms with Gasteiger partial charge in [0.05, 0.1) is 36.5 Å². The molecule has 1 aliphatic heterocycles. The lowest BCUT2D eigenvalue weighted by atomic mass is 10.0. The Bertz CT molecular complexity index is 825. The number of nitrogens with zero attached hydrogens (tertiary/aromatic N) is 3. The number of guanidine groups is 1. The van der Waals surface area contributed by atoms with E-state index in [1.165, 1.54) is 10.4 Å². The number of morpholine rings is 1. The zero-order chi connectivity index (χ0) is 20.6. The van der Waals surface area contributed by atoms with Crippen molar-refractivity contribution >= 4 is 52.9 Å². The number of halogens is 2. The molecule has 0 bridgehead atoms. The first-order valence-corrected chi connectivity index (χ1v) is 11.3. The maximum Gasteiger partial charge on any atom is 0.191 e. The highest BCUT2D eigenvalue weighted by molar-refractivity contribution is 14.0. The van der Waals surface area contributed by atoms with Crippen molar-refractivity contribution in [1.82, 2.24) is 20.5 Å². The highest BCUT2D eigenvalue weighted by Gasteiger charge is 2.23. The molecule has 0 radical (unpaired) electrons. The third kappa shape index (κ3) is 7.33. The van der Waals surface area contributed by atoms with Crippen LogP contribution in [0.15, 0.2) is 29.3 Å². The van der Waals surface area contributed by atoms with E-state index in [-0.39, 0.29) is 30.0 Å². The van der Waals surface area contributed by atoms with Crippen LogP contribution < -0.4 is 10.6 Å². The van der Waals surface area contributed by atoms with Gasteiger partial charge in [0.1, 0.15) is 0 Å². The van der Waals surface area contributed by atoms with E-state index in [0.29, 0.717) is 6.54 Å². The lowest BCUT2D eigenvalue weighted by molar-refractivity contribution is 0.0170. The van der Waals surface area contributed by atoms with Crippen molar-refractivity contribution < 1.29 is 4.74 Å². The van der Waals surface area contributed by atoms with Gasteiger partial charge in [-0.05, 0) is 38.5 Å². The molecule has 2 aromatic rings. The summed E-state index contributed by atoms with van der Waals surface area (Å²) in [7, 11) is 0. The van der Waals surface area contributed by atoms with Crippen LogP contribution in [0.5, 0.6) is 0 Å². The number of hydrogen-bond acceptors (Lipinski definition) is 5. The molecule has 9 heteroatoms. The van der Waals surface area contributed by atoms with Crippen LogP contribution in [0.2, 0.25) is 5.02 Å². The molecule has 1 atom stereocenters. The Hall–Kier alpha value is -0.940. The zero-order valence-corrected chi connectivity index (χ0v) is 21.7. The number of nitrogens with one attached hydrogen (secondary N) is 2. The highest BCUT2D eigenvalue weighted by atomic mass is 127. The molecule has 1 aromatic heterocycles. The number of aliphatic imine (C=N–C) groups is 1. The largest absolute Gasteiger partial charge is 0.379 e. The topological polar surface area (TPSA) is 61.8 Å². The second kappa shape index (κ2) is 12.8. The minimum Gasteiger partial charge on any atom is -0.379 e. The van der Waals surface area contributed by atoms with E-state index in [2.05, 4.69) is 39.6 Å². The summed E-state index contributed by atoms with van der Waals surface area (Å²) in [6.45, 7) is 11.7. The molecule has 1 unspecified atom stereocenters. The standard InChI is InChI=1S/C21H30ClN5OS.HI/c1-4-23-21(25-14-20-15(2)26-16(3)29-20)24-13-19(27-8-10-28-11-9-27)17-6-5-7-18(22)12-17;/h5-7,12,19H,4,8-11,13-14H2,1-3H3,(H2,23,24,25);1H. The first-order valence-electron chi connectivity index (χ1n) is 10.1. The molecule has 0 saturated carbocycles. The minimum atomic E-state index is 0. The number of aromatic nitrogens is 1. The van der Waals surface area contributed by atoms with Crippen molar-refractivity contribution in [1.29, 1.82) is 0 Å². The Kier molecular flexibility index (Phi) is 10.8. The summed E-state index contributed by atoms with van der Waals surface area (Å²) >= 11 is 7.98. The van der Waals surface area contributed by atoms with Gasteiger partial charge in [-0.1, -0.05) is 23.7 Å². The normalized spacial score (nSPS) is 16.1. The van der Waals surface area contributed by atoms with Crippen molar-refractivity contribution in [2.75, 3.05) is 39.4 Å². The van der Waals surface area contributed by atoms with E-state index in [1.807, 2.05) is 26.0 Å². The molecule has 1 saturated heterocycles. The Morgan fingerprint density at radius 2 is 2.07 bits per heavy atom. The van der Waals surface area contributed by atoms with E-state index < -0.39 is 0 Å². The molecule has 30 heavy (non-hydrogen) atoms. The predicted octanol–water partition coefficient (Wildman–Crippen LogP) is 4.16. The monoisotopic (exact) mass is 563 g/mol. The van der Waals surface area contributed by atoms with Crippen LogP contribution >= 0.6 is 46.9 Å². The van der Waals surface area contributed by atoms with Crippen LogP contribution in [-0.4, -0.2) is 55.2 Å². The maximum absolute atomic E-state index is 6.27. The molecule has 2 heterocycles. The number of thiazole rings is 1. The van der Waals surface area contributed by atoms with Crippen molar-refractivity contribution in [3.05, 3.63) is 50.4 Å². The highest BCUT2D eigenvalue weighted by Crippen LogP contribution is 2.24. The van der Waals surface area contributed by atoms with Crippen molar-refractivity contribution in [3.63, 3.8) is 0 Å². The Morgan fingerprint density at radius 1 is 1.30 bits per heavy atom. The SMILES string of the molecule is CCNC(=NCc1sc(C)nc1C)NCC(c1cccc(Cl)c1)N1CCOCC1.I. The molecule has 1 aliphatic rings. The van der Waals surface area contributed by atoms with E-state index in [4.69, 9.17) is 21.3 Å². The van der Waals surface area contributed by atoms with Gasteiger partial charge in [0, 0.05) is 36.1 Å². The fourth-order valence-corrected chi connectivity index (χ4v) is 4.53. The third-order valence-corrected chi connectivity index (χ3v) is 6.20. The van der Waals surface area contributed by atoms with Crippen LogP contribution in [0, 0.1) is 13.8 Å². The first kappa shape index (κ1) is 25.3. The zero-order valence-electron chi connectivity index (χ0n) is 17.8. The molecule has 0 aliphatic carbocycles. The average molecular weight is 564 g/mol. The molecule has 1 fully saturated rings. The smallest absolute Gasteiger partial charge is 0.191 e. The summed E-state index contributed by atoms with van der Waals surface area (Å²) in [5.41, 5.74) is 2.27. The summed E-state index contributed by atoms with van der Waals surface area (Å²) in [4.78, 5) is 12.9. The quantitative estimate of drug-likeness (QED) is 0.301. The molecule has 2 N–H and O–H groups in total. The summed E-state index contributed by atoms with van der Waals surface area (Å²) < 4.78 is 5.55. The number of hydrogen-bond donors (Lipinski definition) is 2. The van der Waals surface area contributed by atoms with Crippen molar-refractivity contribution in [2.45, 2.75) is 33.4 Å². The molecular formula is C21H31ClIN5OS. The van der Waals surface area contributed by atoms with Gasteiger partial charge in [-0.2, -0.15) is 0 Å². The molecule has 6 nitrogen and oxygen atoms in total. The third-order valence-electron chi connectivity index (χ3n) is 4.91. The summed E-state index contributed by atoms with van der Waals surface area (Å²) in [5, 5.41) is 8.73. The minimum absolute atomic E-state index is 0. The number of benzene rings is 1. The van der Waals surface area contributed by atoms with Gasteiger partial charge < -0.3 is 15.4 Å². The molecule has 1 aromatic carbocycles. The van der Waals surface area contributed by atoms with Crippen molar-refractivity contribution in [3.8, 4) is 0 Å². The fraction of sp³-hybridized carbons (Fsp3) is 0.524. The van der Waals surface area contributed by atoms with Crippen LogP contribution in [0.1, 0.15) is 34.1 Å². The van der Waals surface area contributed by atoms with E-state index in [1.54, 1.807) is 11.3 Å². The number of aryl methyl sites for hydroxylation is 2. The van der Waals surface area contributed by atoms with Crippen LogP contribution in [0.4, 0.5) is 0 Å². The Labute approximate surface area is 205 Å². The van der Waals surface area contributed by atoms with E-state index in [9.17, 15) is 0 Å².